The average Bonchev–Trinajstić information content (AvgIpc) is 2.64. The summed E-state index contributed by atoms with van der Waals surface area (Å²) < 4.78 is 0. The van der Waals surface area contributed by atoms with Crippen LogP contribution in [0.4, 0.5) is 5.13 Å². The molecular formula is C11H16N2O2S. The monoisotopic (exact) mass is 240 g/mol. The van der Waals surface area contributed by atoms with Gasteiger partial charge in [-0.2, -0.15) is 0 Å². The third-order valence-corrected chi connectivity index (χ3v) is 3.75. The highest BCUT2D eigenvalue weighted by Crippen LogP contribution is 2.28. The van der Waals surface area contributed by atoms with Gasteiger partial charge in [-0.1, -0.05) is 13.8 Å². The predicted molar refractivity (Wildman–Crippen MR) is 64.2 cm³/mol. The lowest BCUT2D eigenvalue weighted by molar-refractivity contribution is 0.0691. The first-order valence-electron chi connectivity index (χ1n) is 5.50. The van der Waals surface area contributed by atoms with Crippen molar-refractivity contribution in [2.75, 3.05) is 18.0 Å². The van der Waals surface area contributed by atoms with Crippen molar-refractivity contribution in [2.24, 2.45) is 11.8 Å². The molecule has 88 valence electrons. The first-order chi connectivity index (χ1) is 7.56. The highest BCUT2D eigenvalue weighted by molar-refractivity contribution is 7.13. The number of nitrogens with zero attached hydrogens (tertiary/aromatic N) is 2. The number of carboxylic acids is 1. The number of carbonyl (C=O) groups is 1. The van der Waals surface area contributed by atoms with Crippen molar-refractivity contribution in [3.63, 3.8) is 0 Å². The Hall–Kier alpha value is -1.10. The van der Waals surface area contributed by atoms with E-state index in [-0.39, 0.29) is 5.69 Å². The maximum absolute atomic E-state index is 10.8. The van der Waals surface area contributed by atoms with Crippen molar-refractivity contribution in [3.8, 4) is 0 Å². The van der Waals surface area contributed by atoms with E-state index in [9.17, 15) is 4.79 Å². The molecular weight excluding hydrogens is 224 g/mol. The highest BCUT2D eigenvalue weighted by Gasteiger charge is 2.24. The van der Waals surface area contributed by atoms with E-state index in [1.54, 1.807) is 5.38 Å². The zero-order valence-corrected chi connectivity index (χ0v) is 10.3. The summed E-state index contributed by atoms with van der Waals surface area (Å²) in [5, 5.41) is 11.3. The van der Waals surface area contributed by atoms with E-state index >= 15 is 0 Å². The molecule has 1 aliphatic heterocycles. The fourth-order valence-corrected chi connectivity index (χ4v) is 3.15. The smallest absolute Gasteiger partial charge is 0.355 e. The molecule has 0 amide bonds. The van der Waals surface area contributed by atoms with Crippen LogP contribution in [0.3, 0.4) is 0 Å². The molecule has 0 radical (unpaired) electrons. The van der Waals surface area contributed by atoms with Crippen LogP contribution in [-0.2, 0) is 0 Å². The van der Waals surface area contributed by atoms with E-state index in [4.69, 9.17) is 5.11 Å². The van der Waals surface area contributed by atoms with E-state index in [1.807, 2.05) is 0 Å². The van der Waals surface area contributed by atoms with Gasteiger partial charge in [-0.15, -0.1) is 11.3 Å². The molecule has 2 unspecified atom stereocenters. The Morgan fingerprint density at radius 1 is 1.50 bits per heavy atom. The number of aromatic carboxylic acids is 1. The van der Waals surface area contributed by atoms with Crippen molar-refractivity contribution in [2.45, 2.75) is 20.3 Å². The first kappa shape index (κ1) is 11.4. The molecule has 1 aromatic heterocycles. The summed E-state index contributed by atoms with van der Waals surface area (Å²) in [6.07, 6.45) is 1.24. The van der Waals surface area contributed by atoms with Crippen molar-refractivity contribution in [3.05, 3.63) is 11.1 Å². The van der Waals surface area contributed by atoms with E-state index in [0.717, 1.165) is 18.2 Å². The van der Waals surface area contributed by atoms with Gasteiger partial charge in [0.2, 0.25) is 0 Å². The van der Waals surface area contributed by atoms with Gasteiger partial charge in [0.15, 0.2) is 10.8 Å². The number of aromatic nitrogens is 1. The van der Waals surface area contributed by atoms with Crippen LogP contribution < -0.4 is 4.90 Å². The molecule has 1 saturated heterocycles. The molecule has 4 nitrogen and oxygen atoms in total. The minimum Gasteiger partial charge on any atom is -0.476 e. The van der Waals surface area contributed by atoms with E-state index in [1.165, 1.54) is 17.8 Å². The minimum atomic E-state index is -0.944. The number of rotatable bonds is 2. The van der Waals surface area contributed by atoms with Gasteiger partial charge in [0.25, 0.3) is 0 Å². The van der Waals surface area contributed by atoms with Crippen molar-refractivity contribution in [1.29, 1.82) is 0 Å². The lowest BCUT2D eigenvalue weighted by atomic mass is 9.92. The third kappa shape index (κ3) is 2.35. The van der Waals surface area contributed by atoms with Gasteiger partial charge in [-0.3, -0.25) is 0 Å². The van der Waals surface area contributed by atoms with Crippen molar-refractivity contribution in [1.82, 2.24) is 4.98 Å². The van der Waals surface area contributed by atoms with Crippen LogP contribution in [0.25, 0.3) is 0 Å². The molecule has 2 atom stereocenters. The molecule has 0 aliphatic carbocycles. The highest BCUT2D eigenvalue weighted by atomic mass is 32.1. The van der Waals surface area contributed by atoms with Crippen LogP contribution >= 0.6 is 11.3 Å². The largest absolute Gasteiger partial charge is 0.476 e. The number of carboxylic acid groups (broad SMARTS) is 1. The van der Waals surface area contributed by atoms with Gasteiger partial charge < -0.3 is 10.0 Å². The number of hydrogen-bond donors (Lipinski definition) is 1. The van der Waals surface area contributed by atoms with Crippen LogP contribution in [-0.4, -0.2) is 29.1 Å². The Labute approximate surface area is 98.9 Å². The summed E-state index contributed by atoms with van der Waals surface area (Å²) in [6.45, 7) is 6.43. The van der Waals surface area contributed by atoms with Crippen LogP contribution in [0.2, 0.25) is 0 Å². The Balaban J connectivity index is 2.13. The fraction of sp³-hybridized carbons (Fsp3) is 0.636. The second-order valence-electron chi connectivity index (χ2n) is 4.67. The summed E-state index contributed by atoms with van der Waals surface area (Å²) in [7, 11) is 0. The molecule has 0 spiro atoms. The summed E-state index contributed by atoms with van der Waals surface area (Å²) in [5.74, 6) is 0.363. The number of anilines is 1. The molecule has 2 rings (SSSR count). The van der Waals surface area contributed by atoms with Gasteiger partial charge in [0, 0.05) is 18.5 Å². The van der Waals surface area contributed by atoms with Crippen LogP contribution in [0.1, 0.15) is 30.8 Å². The van der Waals surface area contributed by atoms with Gasteiger partial charge in [0.1, 0.15) is 0 Å². The molecule has 5 heteroatoms. The van der Waals surface area contributed by atoms with Crippen LogP contribution in [0, 0.1) is 11.8 Å². The number of piperidine rings is 1. The van der Waals surface area contributed by atoms with Crippen molar-refractivity contribution < 1.29 is 9.90 Å². The van der Waals surface area contributed by atoms with Gasteiger partial charge >= 0.3 is 5.97 Å². The Kier molecular flexibility index (Phi) is 3.14. The standard InChI is InChI=1S/C11H16N2O2S/c1-7-3-8(2)5-13(4-7)11-12-9(6-16-11)10(14)15/h6-8H,3-5H2,1-2H3,(H,14,15). The molecule has 1 fully saturated rings. The lowest BCUT2D eigenvalue weighted by Gasteiger charge is -2.34. The summed E-state index contributed by atoms with van der Waals surface area (Å²) >= 11 is 1.42. The molecule has 2 heterocycles. The van der Waals surface area contributed by atoms with Crippen LogP contribution in [0.15, 0.2) is 5.38 Å². The molecule has 16 heavy (non-hydrogen) atoms. The predicted octanol–water partition coefficient (Wildman–Crippen LogP) is 2.32. The quantitative estimate of drug-likeness (QED) is 0.862. The van der Waals surface area contributed by atoms with Gasteiger partial charge in [-0.25, -0.2) is 9.78 Å². The van der Waals surface area contributed by atoms with E-state index in [0.29, 0.717) is 11.8 Å². The van der Waals surface area contributed by atoms with Gasteiger partial charge in [-0.05, 0) is 18.3 Å². The lowest BCUT2D eigenvalue weighted by Crippen LogP contribution is -2.38. The second-order valence-corrected chi connectivity index (χ2v) is 5.51. The minimum absolute atomic E-state index is 0.158. The Bertz CT molecular complexity index is 381. The SMILES string of the molecule is CC1CC(C)CN(c2nc(C(=O)O)cs2)C1. The molecule has 1 aliphatic rings. The van der Waals surface area contributed by atoms with E-state index in [2.05, 4.69) is 23.7 Å². The molecule has 1 aromatic rings. The maximum Gasteiger partial charge on any atom is 0.355 e. The topological polar surface area (TPSA) is 53.4 Å². The molecule has 1 N–H and O–H groups in total. The first-order valence-corrected chi connectivity index (χ1v) is 6.38. The van der Waals surface area contributed by atoms with Crippen molar-refractivity contribution >= 4 is 22.4 Å². The summed E-state index contributed by atoms with van der Waals surface area (Å²) in [5.41, 5.74) is 0.158. The van der Waals surface area contributed by atoms with Crippen LogP contribution in [0.5, 0.6) is 0 Å². The average molecular weight is 240 g/mol. The molecule has 0 saturated carbocycles. The van der Waals surface area contributed by atoms with Gasteiger partial charge in [0.05, 0.1) is 0 Å². The molecule has 0 aromatic carbocycles. The van der Waals surface area contributed by atoms with E-state index < -0.39 is 5.97 Å². The Morgan fingerprint density at radius 3 is 2.62 bits per heavy atom. The third-order valence-electron chi connectivity index (χ3n) is 2.85. The fourth-order valence-electron chi connectivity index (χ4n) is 2.33. The Morgan fingerprint density at radius 2 is 2.12 bits per heavy atom. The zero-order valence-electron chi connectivity index (χ0n) is 9.51. The second kappa shape index (κ2) is 4.41. The zero-order chi connectivity index (χ0) is 11.7. The number of hydrogen-bond acceptors (Lipinski definition) is 4. The maximum atomic E-state index is 10.8. The summed E-state index contributed by atoms with van der Waals surface area (Å²) in [6, 6.07) is 0. The normalized spacial score (nSPS) is 25.8. The molecule has 0 bridgehead atoms. The summed E-state index contributed by atoms with van der Waals surface area (Å²) in [4.78, 5) is 17.1. The number of thiazole rings is 1.